The van der Waals surface area contributed by atoms with E-state index in [4.69, 9.17) is 10.5 Å². The number of Topliss-reactive ketones (excluding diaryl/α,β-unsaturated/α-hetero) is 3. The molecule has 1 saturated carbocycles. The summed E-state index contributed by atoms with van der Waals surface area (Å²) in [4.78, 5) is 192. The first-order valence-electron chi connectivity index (χ1n) is 34.1. The Morgan fingerprint density at radius 1 is 0.552 bits per heavy atom. The van der Waals surface area contributed by atoms with Gasteiger partial charge in [-0.05, 0) is 99.4 Å². The number of ether oxygens (including phenoxy) is 1. The fourth-order valence-corrected chi connectivity index (χ4v) is 13.4. The highest BCUT2D eigenvalue weighted by atomic mass is 16.6. The second kappa shape index (κ2) is 32.8. The summed E-state index contributed by atoms with van der Waals surface area (Å²) in [7, 11) is 3.63. The molecular weight excluding hydrogens is 1350 g/mol. The predicted molar refractivity (Wildman–Crippen MR) is 380 cm³/mol. The molecule has 12 amide bonds. The number of rotatable bonds is 13. The molecular formula is C76H80N12O17. The van der Waals surface area contributed by atoms with Crippen LogP contribution in [-0.4, -0.2) is 170 Å². The number of allylic oxidation sites excluding steroid dienone is 3. The Bertz CT molecular complexity index is 4460. The lowest BCUT2D eigenvalue weighted by Crippen LogP contribution is -2.52. The van der Waals surface area contributed by atoms with Gasteiger partial charge >= 0.3 is 6.09 Å². The predicted octanol–water partition coefficient (Wildman–Crippen LogP) is 5.50. The standard InChI is InChI=1S/C28H26N4O6.C20H24N4O6.C15H17NO2.C13H13N3O3/c33-23-11-17(16-5-2-1-3-6-16)12-24(34)19(23)13-29-14-26(36)30-21-8-4-7-18-20(21)15-32(28(18)38)22-9-10-25(35)31-27(22)37;1-20(2,3)30-19(29)21-9-16(26)22-13-6-4-5-11-12(13)10-24(18(11)28)14-7-8-15(25)23-17(14)27;1-16(2)10-13-14(17)8-12(9-15(13)18)11-6-4-3-5-7-11;14-9-3-1-2-7-8(9)6-16(13(7)19)10-4-5-11(17)15-12(10)18/h1-8,13,17,22,33H,9-12,14-15H2,(H,30,36)(H,31,35,37);4-6,14H,7-10H2,1-3H3,(H,21,29)(H,22,26)(H,23,25,27);3-7,10,12H,8-9H2,1-2H3;1-3,10H,4-6,14H2,(H,15,17,18). The van der Waals surface area contributed by atoms with Crippen molar-refractivity contribution in [3.63, 3.8) is 0 Å². The largest absolute Gasteiger partial charge is 0.511 e. The summed E-state index contributed by atoms with van der Waals surface area (Å²) in [6.07, 6.45) is 5.01. The van der Waals surface area contributed by atoms with Gasteiger partial charge < -0.3 is 51.1 Å². The highest BCUT2D eigenvalue weighted by Crippen LogP contribution is 2.37. The van der Waals surface area contributed by atoms with E-state index in [0.29, 0.717) is 82.7 Å². The van der Waals surface area contributed by atoms with E-state index in [1.54, 1.807) is 86.5 Å². The van der Waals surface area contributed by atoms with Crippen LogP contribution in [0.4, 0.5) is 21.9 Å². The van der Waals surface area contributed by atoms with Gasteiger partial charge in [-0.25, -0.2) is 4.79 Å². The first kappa shape index (κ1) is 75.4. The van der Waals surface area contributed by atoms with Crippen LogP contribution >= 0.6 is 0 Å². The number of carbonyl (C=O) groups is 15. The van der Waals surface area contributed by atoms with Crippen LogP contribution in [0.5, 0.6) is 0 Å². The number of nitrogen functional groups attached to an aromatic ring is 1. The maximum absolute atomic E-state index is 12.9. The molecule has 546 valence electrons. The molecule has 4 fully saturated rings. The highest BCUT2D eigenvalue weighted by molar-refractivity contribution is 6.22. The monoisotopic (exact) mass is 1430 g/mol. The number of nitrogens with zero attached hydrogens (tertiary/aromatic N) is 5. The molecule has 29 heteroatoms. The molecule has 5 aromatic carbocycles. The minimum Gasteiger partial charge on any atom is -0.511 e. The van der Waals surface area contributed by atoms with Gasteiger partial charge in [-0.15, -0.1) is 0 Å². The zero-order chi connectivity index (χ0) is 75.6. The number of aliphatic hydroxyl groups excluding tert-OH is 1. The molecule has 4 unspecified atom stereocenters. The van der Waals surface area contributed by atoms with Crippen LogP contribution in [0, 0.1) is 0 Å². The zero-order valence-corrected chi connectivity index (χ0v) is 58.4. The summed E-state index contributed by atoms with van der Waals surface area (Å²) < 4.78 is 5.08. The number of piperidine rings is 3. The molecule has 5 aromatic rings. The summed E-state index contributed by atoms with van der Waals surface area (Å²) in [5.74, 6) is -4.69. The van der Waals surface area contributed by atoms with E-state index >= 15 is 0 Å². The molecule has 0 aromatic heterocycles. The Kier molecular flexibility index (Phi) is 23.5. The Morgan fingerprint density at radius 2 is 0.962 bits per heavy atom. The molecule has 9 N–H and O–H groups in total. The summed E-state index contributed by atoms with van der Waals surface area (Å²) in [5.41, 5.74) is 12.3. The third-order valence-electron chi connectivity index (χ3n) is 18.5. The molecule has 0 radical (unpaired) electrons. The van der Waals surface area contributed by atoms with Gasteiger partial charge in [-0.3, -0.25) is 88.1 Å². The normalized spacial score (nSPS) is 20.6. The Morgan fingerprint density at radius 3 is 1.38 bits per heavy atom. The summed E-state index contributed by atoms with van der Waals surface area (Å²) in [6.45, 7) is 5.13. The topological polar surface area (TPSA) is 409 Å². The number of alkyl carbamates (subject to hydrolysis) is 1. The average Bonchev–Trinajstić information content (AvgIpc) is 1.66. The fraction of sp³-hybridized carbons (Fsp3) is 0.342. The van der Waals surface area contributed by atoms with Gasteiger partial charge in [0.2, 0.25) is 47.3 Å². The average molecular weight is 1430 g/mol. The molecule has 2 aliphatic carbocycles. The molecule has 4 atom stereocenters. The summed E-state index contributed by atoms with van der Waals surface area (Å²) >= 11 is 0. The number of amides is 12. The van der Waals surface area contributed by atoms with Gasteiger partial charge in [0.1, 0.15) is 42.6 Å². The van der Waals surface area contributed by atoms with Crippen molar-refractivity contribution in [3.8, 4) is 0 Å². The molecule has 29 nitrogen and oxygen atoms in total. The van der Waals surface area contributed by atoms with Crippen molar-refractivity contribution >= 4 is 112 Å². The number of ketones is 3. The van der Waals surface area contributed by atoms with Gasteiger partial charge in [0.05, 0.1) is 11.1 Å². The number of aliphatic hydroxyl groups is 1. The highest BCUT2D eigenvalue weighted by Gasteiger charge is 2.43. The van der Waals surface area contributed by atoms with E-state index in [1.807, 2.05) is 74.8 Å². The van der Waals surface area contributed by atoms with Crippen molar-refractivity contribution in [1.82, 2.24) is 40.9 Å². The van der Waals surface area contributed by atoms with Gasteiger partial charge in [0.15, 0.2) is 17.3 Å². The number of fused-ring (bicyclic) bond motifs is 3. The summed E-state index contributed by atoms with van der Waals surface area (Å²) in [6, 6.07) is 32.2. The number of anilines is 3. The van der Waals surface area contributed by atoms with Crippen LogP contribution in [0.25, 0.3) is 0 Å². The van der Waals surface area contributed by atoms with E-state index in [0.717, 1.165) is 16.7 Å². The molecule has 6 heterocycles. The Balaban J connectivity index is 0.000000157. The molecule has 0 bridgehead atoms. The van der Waals surface area contributed by atoms with E-state index in [-0.39, 0.29) is 141 Å². The number of carbonyl (C=O) groups excluding carboxylic acids is 15. The van der Waals surface area contributed by atoms with Crippen molar-refractivity contribution in [2.75, 3.05) is 43.6 Å². The Labute approximate surface area is 603 Å². The van der Waals surface area contributed by atoms with Gasteiger partial charge in [0, 0.05) is 142 Å². The number of nitrogens with two attached hydrogens (primary N) is 1. The zero-order valence-electron chi connectivity index (χ0n) is 58.4. The molecule has 6 aliphatic heterocycles. The van der Waals surface area contributed by atoms with Crippen LogP contribution in [0.1, 0.15) is 156 Å². The van der Waals surface area contributed by atoms with E-state index in [9.17, 15) is 77.0 Å². The van der Waals surface area contributed by atoms with Crippen molar-refractivity contribution in [2.45, 2.75) is 140 Å². The minimum absolute atomic E-state index is 0.0329. The lowest BCUT2D eigenvalue weighted by atomic mass is 9.80. The third-order valence-corrected chi connectivity index (χ3v) is 18.5. The first-order valence-corrected chi connectivity index (χ1v) is 34.1. The quantitative estimate of drug-likeness (QED) is 0.0237. The van der Waals surface area contributed by atoms with Crippen LogP contribution in [0.2, 0.25) is 0 Å². The molecule has 0 spiro atoms. The SMILES string of the molecule is CC(C)(C)OC(=O)NCC(=O)Nc1cccc2c1CN(C1CCC(=O)NC1=O)C2=O.CN(C)C=C1C(=O)CC(c2ccccc2)CC1=O.Nc1cccc2c1CN(C1CCC(=O)NC1=O)C2=O.O=C1CCC(N2Cc3c(NC(=O)CN=CC4=C(O)CC(c5ccccc5)CC4=O)cccc3C2=O)C(=O)N1. The van der Waals surface area contributed by atoms with Gasteiger partial charge in [0.25, 0.3) is 17.7 Å². The number of nitrogens with one attached hydrogen (secondary N) is 6. The molecule has 105 heavy (non-hydrogen) atoms. The van der Waals surface area contributed by atoms with Crippen molar-refractivity contribution in [2.24, 2.45) is 4.99 Å². The second-order valence-corrected chi connectivity index (χ2v) is 27.3. The van der Waals surface area contributed by atoms with Crippen LogP contribution in [0.3, 0.4) is 0 Å². The second-order valence-electron chi connectivity index (χ2n) is 27.3. The van der Waals surface area contributed by atoms with Crippen molar-refractivity contribution < 1.29 is 81.8 Å². The van der Waals surface area contributed by atoms with E-state index in [2.05, 4.69) is 36.9 Å². The Hall–Kier alpha value is -12.3. The van der Waals surface area contributed by atoms with Crippen LogP contribution in [0.15, 0.2) is 143 Å². The molecule has 8 aliphatic rings. The van der Waals surface area contributed by atoms with E-state index < -0.39 is 59.4 Å². The number of benzene rings is 5. The third kappa shape index (κ3) is 18.3. The van der Waals surface area contributed by atoms with Crippen molar-refractivity contribution in [1.29, 1.82) is 0 Å². The lowest BCUT2D eigenvalue weighted by molar-refractivity contribution is -0.138. The fourth-order valence-electron chi connectivity index (χ4n) is 13.4. The number of hydrogen-bond acceptors (Lipinski definition) is 20. The molecule has 13 rings (SSSR count). The van der Waals surface area contributed by atoms with Crippen LogP contribution < -0.4 is 37.6 Å². The van der Waals surface area contributed by atoms with Gasteiger partial charge in [-0.1, -0.05) is 78.9 Å². The summed E-state index contributed by atoms with van der Waals surface area (Å²) in [5, 5.41) is 25.0. The van der Waals surface area contributed by atoms with Crippen molar-refractivity contribution in [3.05, 3.63) is 183 Å². The number of hydrogen-bond donors (Lipinski definition) is 8. The molecule has 3 saturated heterocycles. The maximum atomic E-state index is 12.9. The maximum Gasteiger partial charge on any atom is 0.408 e. The van der Waals surface area contributed by atoms with E-state index in [1.165, 1.54) is 20.9 Å². The lowest BCUT2D eigenvalue weighted by Gasteiger charge is -2.29. The number of aliphatic imine (C=N–C) groups is 1. The minimum atomic E-state index is -0.753. The first-order chi connectivity index (χ1) is 50.0. The smallest absolute Gasteiger partial charge is 0.408 e. The van der Waals surface area contributed by atoms with Crippen LogP contribution in [-0.2, 0) is 77.1 Å². The number of imide groups is 3. The van der Waals surface area contributed by atoms with Gasteiger partial charge in [-0.2, -0.15) is 0 Å².